The zero-order valence-corrected chi connectivity index (χ0v) is 13.5. The number of aromatic nitrogens is 4. The second-order valence-electron chi connectivity index (χ2n) is 4.78. The Hall–Kier alpha value is -2.58. The molecule has 1 N–H and O–H groups in total. The number of ether oxygens (including phenoxy) is 1. The molecule has 23 heavy (non-hydrogen) atoms. The minimum Gasteiger partial charge on any atom is -0.377 e. The van der Waals surface area contributed by atoms with Gasteiger partial charge in [-0.3, -0.25) is 10.1 Å². The molecule has 0 atom stereocenters. The summed E-state index contributed by atoms with van der Waals surface area (Å²) in [6.45, 7) is 2.23. The van der Waals surface area contributed by atoms with Gasteiger partial charge in [-0.15, -0.1) is 10.2 Å². The van der Waals surface area contributed by atoms with E-state index >= 15 is 0 Å². The fraction of sp³-hybridized carbons (Fsp3) is 0.200. The number of para-hydroxylation sites is 1. The van der Waals surface area contributed by atoms with Crippen molar-refractivity contribution in [2.75, 3.05) is 12.4 Å². The first-order valence-corrected chi connectivity index (χ1v) is 7.73. The molecule has 0 unspecified atom stereocenters. The van der Waals surface area contributed by atoms with E-state index in [1.165, 1.54) is 11.3 Å². The Morgan fingerprint density at radius 1 is 1.30 bits per heavy atom. The standard InChI is InChI=1S/C15H15N5O2S/c1-10-12(8-16-20(10)11-6-4-3-5-7-11)14(21)17-15-19-18-13(23-15)9-22-2/h3-8H,9H2,1-2H3,(H,17,19,21). The van der Waals surface area contributed by atoms with E-state index in [-0.39, 0.29) is 5.91 Å². The first-order chi connectivity index (χ1) is 11.2. The van der Waals surface area contributed by atoms with Gasteiger partial charge in [0.25, 0.3) is 5.91 Å². The zero-order valence-electron chi connectivity index (χ0n) is 12.7. The van der Waals surface area contributed by atoms with Crippen LogP contribution in [-0.4, -0.2) is 33.0 Å². The Bertz CT molecular complexity index is 812. The van der Waals surface area contributed by atoms with Gasteiger partial charge >= 0.3 is 0 Å². The molecule has 118 valence electrons. The summed E-state index contributed by atoms with van der Waals surface area (Å²) in [7, 11) is 1.58. The zero-order chi connectivity index (χ0) is 16.2. The molecular formula is C15H15N5O2S. The number of amides is 1. The molecule has 0 spiro atoms. The molecule has 0 saturated carbocycles. The Labute approximate surface area is 136 Å². The smallest absolute Gasteiger partial charge is 0.260 e. The first-order valence-electron chi connectivity index (χ1n) is 6.91. The number of nitrogens with zero attached hydrogens (tertiary/aromatic N) is 4. The van der Waals surface area contributed by atoms with Crippen molar-refractivity contribution in [3.63, 3.8) is 0 Å². The highest BCUT2D eigenvalue weighted by Crippen LogP contribution is 2.19. The molecule has 2 aromatic heterocycles. The van der Waals surface area contributed by atoms with Gasteiger partial charge in [0.05, 0.1) is 23.1 Å². The number of carbonyl (C=O) groups is 1. The number of methoxy groups -OCH3 is 1. The SMILES string of the molecule is COCc1nnc(NC(=O)c2cnn(-c3ccccc3)c2C)s1. The second-order valence-corrected chi connectivity index (χ2v) is 5.84. The number of anilines is 1. The highest BCUT2D eigenvalue weighted by molar-refractivity contribution is 7.15. The van der Waals surface area contributed by atoms with Gasteiger partial charge in [0, 0.05) is 7.11 Å². The Kier molecular flexibility index (Phi) is 4.45. The fourth-order valence-corrected chi connectivity index (χ4v) is 2.82. The average Bonchev–Trinajstić information content (AvgIpc) is 3.15. The number of carbonyl (C=O) groups excluding carboxylic acids is 1. The molecule has 0 radical (unpaired) electrons. The van der Waals surface area contributed by atoms with Crippen molar-refractivity contribution in [1.29, 1.82) is 0 Å². The van der Waals surface area contributed by atoms with Gasteiger partial charge in [-0.25, -0.2) is 4.68 Å². The van der Waals surface area contributed by atoms with Crippen LogP contribution in [0.15, 0.2) is 36.5 Å². The van der Waals surface area contributed by atoms with Gasteiger partial charge in [-0.05, 0) is 19.1 Å². The van der Waals surface area contributed by atoms with Crippen LogP contribution in [0.25, 0.3) is 5.69 Å². The lowest BCUT2D eigenvalue weighted by atomic mass is 10.2. The van der Waals surface area contributed by atoms with Gasteiger partial charge < -0.3 is 4.74 Å². The molecule has 3 rings (SSSR count). The molecule has 0 aliphatic rings. The molecular weight excluding hydrogens is 314 g/mol. The van der Waals surface area contributed by atoms with Gasteiger partial charge in [-0.1, -0.05) is 29.5 Å². The molecule has 0 bridgehead atoms. The van der Waals surface area contributed by atoms with Gasteiger partial charge in [-0.2, -0.15) is 5.10 Å². The molecule has 1 aromatic carbocycles. The lowest BCUT2D eigenvalue weighted by Crippen LogP contribution is -2.13. The van der Waals surface area contributed by atoms with Gasteiger partial charge in [0.1, 0.15) is 11.6 Å². The quantitative estimate of drug-likeness (QED) is 0.777. The molecule has 7 nitrogen and oxygen atoms in total. The average molecular weight is 329 g/mol. The van der Waals surface area contributed by atoms with Crippen molar-refractivity contribution in [3.05, 3.63) is 52.8 Å². The van der Waals surface area contributed by atoms with Crippen molar-refractivity contribution in [2.24, 2.45) is 0 Å². The summed E-state index contributed by atoms with van der Waals surface area (Å²) < 4.78 is 6.71. The van der Waals surface area contributed by atoms with Crippen molar-refractivity contribution in [2.45, 2.75) is 13.5 Å². The van der Waals surface area contributed by atoms with Crippen LogP contribution in [0.3, 0.4) is 0 Å². The summed E-state index contributed by atoms with van der Waals surface area (Å²) in [5.74, 6) is -0.259. The van der Waals surface area contributed by atoms with Crippen LogP contribution in [0.2, 0.25) is 0 Å². The fourth-order valence-electron chi connectivity index (χ4n) is 2.11. The van der Waals surface area contributed by atoms with Crippen molar-refractivity contribution in [3.8, 4) is 5.69 Å². The van der Waals surface area contributed by atoms with E-state index in [0.717, 1.165) is 11.4 Å². The van der Waals surface area contributed by atoms with Crippen molar-refractivity contribution < 1.29 is 9.53 Å². The summed E-state index contributed by atoms with van der Waals surface area (Å²) >= 11 is 1.28. The Morgan fingerprint density at radius 3 is 2.83 bits per heavy atom. The molecule has 0 aliphatic heterocycles. The van der Waals surface area contributed by atoms with E-state index in [1.807, 2.05) is 37.3 Å². The number of nitrogens with one attached hydrogen (secondary N) is 1. The monoisotopic (exact) mass is 329 g/mol. The lowest BCUT2D eigenvalue weighted by Gasteiger charge is -2.05. The van der Waals surface area contributed by atoms with Crippen LogP contribution in [0.4, 0.5) is 5.13 Å². The van der Waals surface area contributed by atoms with Crippen LogP contribution in [-0.2, 0) is 11.3 Å². The molecule has 3 aromatic rings. The highest BCUT2D eigenvalue weighted by atomic mass is 32.1. The Balaban J connectivity index is 1.79. The molecule has 8 heteroatoms. The van der Waals surface area contributed by atoms with Crippen LogP contribution < -0.4 is 5.32 Å². The number of rotatable bonds is 5. The summed E-state index contributed by atoms with van der Waals surface area (Å²) in [5.41, 5.74) is 2.16. The third kappa shape index (κ3) is 3.27. The third-order valence-electron chi connectivity index (χ3n) is 3.21. The predicted molar refractivity (Wildman–Crippen MR) is 86.9 cm³/mol. The molecule has 2 heterocycles. The molecule has 0 saturated heterocycles. The maximum atomic E-state index is 12.4. The van der Waals surface area contributed by atoms with E-state index < -0.39 is 0 Å². The Morgan fingerprint density at radius 2 is 2.09 bits per heavy atom. The predicted octanol–water partition coefficient (Wildman–Crippen LogP) is 2.43. The number of hydrogen-bond donors (Lipinski definition) is 1. The van der Waals surface area contributed by atoms with Crippen molar-refractivity contribution >= 4 is 22.4 Å². The van der Waals surface area contributed by atoms with E-state index in [0.29, 0.717) is 22.3 Å². The lowest BCUT2D eigenvalue weighted by molar-refractivity contribution is 0.102. The van der Waals surface area contributed by atoms with E-state index in [1.54, 1.807) is 18.0 Å². The van der Waals surface area contributed by atoms with Crippen LogP contribution >= 0.6 is 11.3 Å². The third-order valence-corrected chi connectivity index (χ3v) is 4.02. The summed E-state index contributed by atoms with van der Waals surface area (Å²) in [6.07, 6.45) is 1.55. The van der Waals surface area contributed by atoms with Gasteiger partial charge in [0.15, 0.2) is 0 Å². The normalized spacial score (nSPS) is 10.7. The number of benzene rings is 1. The largest absolute Gasteiger partial charge is 0.377 e. The first kappa shape index (κ1) is 15.3. The van der Waals surface area contributed by atoms with Gasteiger partial charge in [0.2, 0.25) is 5.13 Å². The second kappa shape index (κ2) is 6.67. The van der Waals surface area contributed by atoms with E-state index in [2.05, 4.69) is 20.6 Å². The van der Waals surface area contributed by atoms with Crippen LogP contribution in [0.1, 0.15) is 21.1 Å². The molecule has 0 aliphatic carbocycles. The minimum atomic E-state index is -0.259. The molecule has 1 amide bonds. The number of hydrogen-bond acceptors (Lipinski definition) is 6. The summed E-state index contributed by atoms with van der Waals surface area (Å²) in [4.78, 5) is 12.4. The minimum absolute atomic E-state index is 0.259. The van der Waals surface area contributed by atoms with Crippen LogP contribution in [0, 0.1) is 6.92 Å². The maximum Gasteiger partial charge on any atom is 0.260 e. The highest BCUT2D eigenvalue weighted by Gasteiger charge is 2.17. The van der Waals surface area contributed by atoms with E-state index in [4.69, 9.17) is 4.74 Å². The summed E-state index contributed by atoms with van der Waals surface area (Å²) in [5, 5.41) is 16.0. The van der Waals surface area contributed by atoms with Crippen molar-refractivity contribution in [1.82, 2.24) is 20.0 Å². The topological polar surface area (TPSA) is 81.9 Å². The van der Waals surface area contributed by atoms with Crippen LogP contribution in [0.5, 0.6) is 0 Å². The van der Waals surface area contributed by atoms with E-state index in [9.17, 15) is 4.79 Å². The summed E-state index contributed by atoms with van der Waals surface area (Å²) in [6, 6.07) is 9.65. The molecule has 0 fully saturated rings. The maximum absolute atomic E-state index is 12.4.